The number of carboxylic acid groups (broad SMARTS) is 1. The zero-order chi connectivity index (χ0) is 26.7. The molecule has 0 aliphatic carbocycles. The smallest absolute Gasteiger partial charge is 0.305 e. The second-order valence-corrected chi connectivity index (χ2v) is 8.69. The number of nitrogens with zero attached hydrogens (tertiary/aromatic N) is 3. The number of aromatic nitrogens is 2. The minimum absolute atomic E-state index is 0.0288. The molecule has 1 amide bonds. The van der Waals surface area contributed by atoms with Crippen LogP contribution in [0.5, 0.6) is 0 Å². The number of carbonyl (C=O) groups is 2. The van der Waals surface area contributed by atoms with Gasteiger partial charge in [0.15, 0.2) is 0 Å². The third-order valence-corrected chi connectivity index (χ3v) is 6.05. The summed E-state index contributed by atoms with van der Waals surface area (Å²) < 4.78 is 16.2. The minimum Gasteiger partial charge on any atom is -0.481 e. The van der Waals surface area contributed by atoms with Crippen LogP contribution in [0.2, 0.25) is 0 Å². The molecule has 37 heavy (non-hydrogen) atoms. The number of fused-ring (bicyclic) bond motifs is 1. The standard InChI is InChI=1S/C27H27FN6O3/c1-16-4-3-5-19(12-16)34(11-10-25(35)36)27(37)18-7-9-23-22(14-18)32-24(33(23)2)15-31-21-8-6-17(26(29)30)13-20(21)28/h3-9,12-14,31H,10-11,15H2,1-2H3,(H3,29,30)(H,35,36). The second kappa shape index (κ2) is 10.5. The van der Waals surface area contributed by atoms with E-state index in [1.54, 1.807) is 30.3 Å². The minimum atomic E-state index is -0.991. The molecule has 0 aliphatic heterocycles. The quantitative estimate of drug-likeness (QED) is 0.201. The first-order valence-electron chi connectivity index (χ1n) is 11.6. The summed E-state index contributed by atoms with van der Waals surface area (Å²) in [5, 5.41) is 19.6. The molecular formula is C27H27FN6O3. The predicted octanol–water partition coefficient (Wildman–Crippen LogP) is 4.04. The van der Waals surface area contributed by atoms with Crippen LogP contribution in [0.1, 0.15) is 33.7 Å². The van der Waals surface area contributed by atoms with Crippen molar-refractivity contribution in [3.05, 3.63) is 89.0 Å². The van der Waals surface area contributed by atoms with E-state index in [0.29, 0.717) is 28.2 Å². The Morgan fingerprint density at radius 3 is 2.57 bits per heavy atom. The van der Waals surface area contributed by atoms with Crippen LogP contribution >= 0.6 is 0 Å². The van der Waals surface area contributed by atoms with Crippen molar-refractivity contribution < 1.29 is 19.1 Å². The number of halogens is 1. The van der Waals surface area contributed by atoms with Crippen molar-refractivity contribution in [1.29, 1.82) is 5.41 Å². The number of aryl methyl sites for hydroxylation is 2. The number of benzene rings is 3. The predicted molar refractivity (Wildman–Crippen MR) is 141 cm³/mol. The summed E-state index contributed by atoms with van der Waals surface area (Å²) in [6, 6.07) is 16.8. The molecule has 1 heterocycles. The SMILES string of the molecule is Cc1cccc(N(CCC(=O)O)C(=O)c2ccc3c(c2)nc(CNc2ccc(C(=N)N)cc2F)n3C)c1. The van der Waals surface area contributed by atoms with Gasteiger partial charge in [-0.2, -0.15) is 0 Å². The molecule has 0 aliphatic rings. The number of amides is 1. The Morgan fingerprint density at radius 1 is 1.14 bits per heavy atom. The average Bonchev–Trinajstić information content (AvgIpc) is 3.17. The maximum atomic E-state index is 14.4. The van der Waals surface area contributed by atoms with E-state index in [-0.39, 0.29) is 36.9 Å². The number of nitrogens with two attached hydrogens (primary N) is 1. The van der Waals surface area contributed by atoms with Crippen molar-refractivity contribution in [1.82, 2.24) is 9.55 Å². The Hall–Kier alpha value is -4.73. The van der Waals surface area contributed by atoms with Crippen molar-refractivity contribution in [2.45, 2.75) is 19.9 Å². The largest absolute Gasteiger partial charge is 0.481 e. The highest BCUT2D eigenvalue weighted by atomic mass is 19.1. The van der Waals surface area contributed by atoms with Gasteiger partial charge in [-0.25, -0.2) is 9.37 Å². The summed E-state index contributed by atoms with van der Waals surface area (Å²) in [5.74, 6) is -1.44. The number of carboxylic acids is 1. The summed E-state index contributed by atoms with van der Waals surface area (Å²) in [6.45, 7) is 2.16. The van der Waals surface area contributed by atoms with Crippen LogP contribution in [0.15, 0.2) is 60.7 Å². The lowest BCUT2D eigenvalue weighted by Gasteiger charge is -2.22. The molecule has 10 heteroatoms. The summed E-state index contributed by atoms with van der Waals surface area (Å²) in [7, 11) is 1.83. The number of carbonyl (C=O) groups excluding carboxylic acids is 1. The maximum absolute atomic E-state index is 14.4. The molecule has 0 saturated heterocycles. The molecule has 0 fully saturated rings. The molecule has 4 rings (SSSR count). The highest BCUT2D eigenvalue weighted by molar-refractivity contribution is 6.07. The first-order valence-corrected chi connectivity index (χ1v) is 11.6. The van der Waals surface area contributed by atoms with Gasteiger partial charge in [-0.05, 0) is 61.0 Å². The van der Waals surface area contributed by atoms with E-state index >= 15 is 0 Å². The number of nitrogen functional groups attached to an aromatic ring is 1. The van der Waals surface area contributed by atoms with E-state index in [1.165, 1.54) is 17.0 Å². The van der Waals surface area contributed by atoms with Crippen LogP contribution in [0.25, 0.3) is 11.0 Å². The number of amidine groups is 1. The van der Waals surface area contributed by atoms with Crippen LogP contribution in [-0.4, -0.2) is 38.9 Å². The molecule has 0 bridgehead atoms. The fraction of sp³-hybridized carbons (Fsp3) is 0.185. The number of rotatable bonds is 9. The lowest BCUT2D eigenvalue weighted by molar-refractivity contribution is -0.136. The molecule has 1 aromatic heterocycles. The molecule has 0 spiro atoms. The topological polar surface area (TPSA) is 137 Å². The Kier molecular flexibility index (Phi) is 7.19. The number of imidazole rings is 1. The summed E-state index contributed by atoms with van der Waals surface area (Å²) in [4.78, 5) is 30.7. The van der Waals surface area contributed by atoms with Crippen molar-refractivity contribution in [2.24, 2.45) is 12.8 Å². The van der Waals surface area contributed by atoms with Crippen LogP contribution in [0, 0.1) is 18.2 Å². The molecule has 0 atom stereocenters. The van der Waals surface area contributed by atoms with Gasteiger partial charge in [-0.3, -0.25) is 15.0 Å². The van der Waals surface area contributed by atoms with E-state index in [4.69, 9.17) is 11.1 Å². The Morgan fingerprint density at radius 2 is 1.89 bits per heavy atom. The highest BCUT2D eigenvalue weighted by Gasteiger charge is 2.20. The Labute approximate surface area is 212 Å². The van der Waals surface area contributed by atoms with Gasteiger partial charge < -0.3 is 25.6 Å². The third kappa shape index (κ3) is 5.58. The molecule has 0 saturated carbocycles. The molecule has 0 unspecified atom stereocenters. The number of hydrogen-bond acceptors (Lipinski definition) is 5. The highest BCUT2D eigenvalue weighted by Crippen LogP contribution is 2.23. The first kappa shape index (κ1) is 25.4. The van der Waals surface area contributed by atoms with Crippen molar-refractivity contribution in [3.63, 3.8) is 0 Å². The van der Waals surface area contributed by atoms with Crippen LogP contribution < -0.4 is 16.0 Å². The normalized spacial score (nSPS) is 10.9. The van der Waals surface area contributed by atoms with Crippen LogP contribution in [0.4, 0.5) is 15.8 Å². The molecule has 3 aromatic carbocycles. The van der Waals surface area contributed by atoms with E-state index in [2.05, 4.69) is 10.3 Å². The molecule has 4 aromatic rings. The van der Waals surface area contributed by atoms with Gasteiger partial charge in [0.1, 0.15) is 17.5 Å². The van der Waals surface area contributed by atoms with Crippen molar-refractivity contribution in [2.75, 3.05) is 16.8 Å². The summed E-state index contributed by atoms with van der Waals surface area (Å²) in [5.41, 5.74) is 9.28. The lowest BCUT2D eigenvalue weighted by Crippen LogP contribution is -2.33. The van der Waals surface area contributed by atoms with Gasteiger partial charge >= 0.3 is 5.97 Å². The number of anilines is 2. The van der Waals surface area contributed by atoms with Gasteiger partial charge in [0, 0.05) is 30.4 Å². The molecule has 190 valence electrons. The van der Waals surface area contributed by atoms with Crippen LogP contribution in [-0.2, 0) is 18.4 Å². The molecular weight excluding hydrogens is 475 g/mol. The van der Waals surface area contributed by atoms with Gasteiger partial charge in [-0.15, -0.1) is 0 Å². The van der Waals surface area contributed by atoms with E-state index in [0.717, 1.165) is 11.1 Å². The summed E-state index contributed by atoms with van der Waals surface area (Å²) >= 11 is 0. The van der Waals surface area contributed by atoms with Crippen LogP contribution in [0.3, 0.4) is 0 Å². The first-order chi connectivity index (χ1) is 17.6. The lowest BCUT2D eigenvalue weighted by atomic mass is 10.1. The van der Waals surface area contributed by atoms with Crippen molar-refractivity contribution in [3.8, 4) is 0 Å². The fourth-order valence-electron chi connectivity index (χ4n) is 4.05. The molecule has 0 radical (unpaired) electrons. The average molecular weight is 503 g/mol. The van der Waals surface area contributed by atoms with Gasteiger partial charge in [0.2, 0.25) is 0 Å². The number of aliphatic carboxylic acids is 1. The Bertz CT molecular complexity index is 1510. The number of hydrogen-bond donors (Lipinski definition) is 4. The van der Waals surface area contributed by atoms with E-state index in [1.807, 2.05) is 36.7 Å². The Balaban J connectivity index is 1.59. The van der Waals surface area contributed by atoms with Crippen molar-refractivity contribution >= 4 is 40.1 Å². The third-order valence-electron chi connectivity index (χ3n) is 6.05. The monoisotopic (exact) mass is 502 g/mol. The van der Waals surface area contributed by atoms with E-state index in [9.17, 15) is 19.1 Å². The van der Waals surface area contributed by atoms with Gasteiger partial charge in [-0.1, -0.05) is 12.1 Å². The zero-order valence-electron chi connectivity index (χ0n) is 20.5. The number of nitrogens with one attached hydrogen (secondary N) is 2. The second-order valence-electron chi connectivity index (χ2n) is 8.69. The maximum Gasteiger partial charge on any atom is 0.305 e. The fourth-order valence-corrected chi connectivity index (χ4v) is 4.05. The molecule has 9 nitrogen and oxygen atoms in total. The van der Waals surface area contributed by atoms with E-state index < -0.39 is 11.8 Å². The van der Waals surface area contributed by atoms with Gasteiger partial charge in [0.25, 0.3) is 5.91 Å². The van der Waals surface area contributed by atoms with Gasteiger partial charge in [0.05, 0.1) is 29.7 Å². The zero-order valence-corrected chi connectivity index (χ0v) is 20.5. The molecule has 5 N–H and O–H groups in total. The summed E-state index contributed by atoms with van der Waals surface area (Å²) in [6.07, 6.45) is -0.189.